The Morgan fingerprint density at radius 3 is 2.38 bits per heavy atom. The molecule has 2 unspecified atom stereocenters. The van der Waals surface area contributed by atoms with Gasteiger partial charge in [0.05, 0.1) is 5.69 Å². The van der Waals surface area contributed by atoms with Gasteiger partial charge < -0.3 is 5.32 Å². The molecular weight excluding hydrogens is 268 g/mol. The predicted molar refractivity (Wildman–Crippen MR) is 82.3 cm³/mol. The molecule has 0 amide bonds. The molecule has 2 fully saturated rings. The molecule has 0 radical (unpaired) electrons. The monoisotopic (exact) mass is 293 g/mol. The molecular formula is C18H25F2N. The second kappa shape index (κ2) is 6.76. The molecule has 21 heavy (non-hydrogen) atoms. The van der Waals surface area contributed by atoms with Crippen molar-refractivity contribution in [3.63, 3.8) is 0 Å². The molecule has 116 valence electrons. The lowest BCUT2D eigenvalue weighted by Crippen LogP contribution is -2.37. The molecule has 1 N–H and O–H groups in total. The molecule has 2 aliphatic carbocycles. The van der Waals surface area contributed by atoms with Crippen molar-refractivity contribution in [2.75, 3.05) is 5.32 Å². The van der Waals surface area contributed by atoms with Gasteiger partial charge in [-0.2, -0.15) is 0 Å². The molecule has 0 spiro atoms. The van der Waals surface area contributed by atoms with E-state index in [0.29, 0.717) is 17.6 Å². The molecule has 1 nitrogen and oxygen atoms in total. The number of hydrogen-bond acceptors (Lipinski definition) is 1. The summed E-state index contributed by atoms with van der Waals surface area (Å²) in [4.78, 5) is 0. The molecule has 3 rings (SSSR count). The summed E-state index contributed by atoms with van der Waals surface area (Å²) in [5.74, 6) is 0.684. The predicted octanol–water partition coefficient (Wildman–Crippen LogP) is 5.52. The normalized spacial score (nSPS) is 27.5. The van der Waals surface area contributed by atoms with Gasteiger partial charge in [-0.15, -0.1) is 0 Å². The van der Waals surface area contributed by atoms with E-state index in [1.54, 1.807) is 0 Å². The first-order valence-corrected chi connectivity index (χ1v) is 8.45. The van der Waals surface area contributed by atoms with Gasteiger partial charge in [-0.05, 0) is 42.9 Å². The Kier molecular flexibility index (Phi) is 4.77. The molecule has 2 atom stereocenters. The van der Waals surface area contributed by atoms with Crippen LogP contribution in [0.2, 0.25) is 0 Å². The molecule has 1 aromatic rings. The highest BCUT2D eigenvalue weighted by Crippen LogP contribution is 2.39. The molecule has 0 bridgehead atoms. The zero-order valence-corrected chi connectivity index (χ0v) is 12.6. The van der Waals surface area contributed by atoms with Crippen LogP contribution >= 0.6 is 0 Å². The van der Waals surface area contributed by atoms with E-state index >= 15 is 0 Å². The van der Waals surface area contributed by atoms with Crippen LogP contribution in [0.4, 0.5) is 14.5 Å². The lowest BCUT2D eigenvalue weighted by Gasteiger charge is -2.39. The zero-order chi connectivity index (χ0) is 14.7. The van der Waals surface area contributed by atoms with Crippen LogP contribution in [0, 0.1) is 23.5 Å². The average molecular weight is 293 g/mol. The fourth-order valence-corrected chi connectivity index (χ4v) is 4.27. The minimum Gasteiger partial charge on any atom is -0.380 e. The Hall–Kier alpha value is -1.12. The van der Waals surface area contributed by atoms with Gasteiger partial charge in [-0.1, -0.05) is 44.9 Å². The smallest absolute Gasteiger partial charge is 0.146 e. The minimum absolute atomic E-state index is 0.304. The topological polar surface area (TPSA) is 12.0 Å². The van der Waals surface area contributed by atoms with Crippen LogP contribution in [-0.4, -0.2) is 6.04 Å². The van der Waals surface area contributed by atoms with Crippen LogP contribution in [-0.2, 0) is 0 Å². The maximum absolute atomic E-state index is 13.9. The highest BCUT2D eigenvalue weighted by atomic mass is 19.1. The Balaban J connectivity index is 1.73. The quantitative estimate of drug-likeness (QED) is 0.774. The molecule has 3 heteroatoms. The van der Waals surface area contributed by atoms with Crippen LogP contribution in [0.5, 0.6) is 0 Å². The molecule has 2 aliphatic rings. The van der Waals surface area contributed by atoms with Crippen LogP contribution in [0.1, 0.15) is 57.8 Å². The van der Waals surface area contributed by atoms with Crippen molar-refractivity contribution in [3.05, 3.63) is 29.8 Å². The van der Waals surface area contributed by atoms with Crippen LogP contribution in [0.15, 0.2) is 18.2 Å². The fraction of sp³-hybridized carbons (Fsp3) is 0.667. The second-order valence-electron chi connectivity index (χ2n) is 6.72. The largest absolute Gasteiger partial charge is 0.380 e. The minimum atomic E-state index is -0.371. The summed E-state index contributed by atoms with van der Waals surface area (Å²) in [5.41, 5.74) is 0.336. The fourth-order valence-electron chi connectivity index (χ4n) is 4.27. The number of hydrogen-bond donors (Lipinski definition) is 1. The number of anilines is 1. The maximum Gasteiger partial charge on any atom is 0.146 e. The van der Waals surface area contributed by atoms with E-state index in [2.05, 4.69) is 5.32 Å². The summed E-state index contributed by atoms with van der Waals surface area (Å²) in [5, 5.41) is 3.32. The first kappa shape index (κ1) is 14.8. The summed E-state index contributed by atoms with van der Waals surface area (Å²) in [6.45, 7) is 0. The van der Waals surface area contributed by atoms with E-state index in [1.165, 1.54) is 69.6 Å². The van der Waals surface area contributed by atoms with E-state index < -0.39 is 0 Å². The third-order valence-corrected chi connectivity index (χ3v) is 5.34. The van der Waals surface area contributed by atoms with Crippen molar-refractivity contribution in [1.29, 1.82) is 0 Å². The molecule has 0 aliphatic heterocycles. The first-order chi connectivity index (χ1) is 10.2. The van der Waals surface area contributed by atoms with E-state index in [0.717, 1.165) is 12.3 Å². The Morgan fingerprint density at radius 2 is 1.57 bits per heavy atom. The maximum atomic E-state index is 13.9. The van der Waals surface area contributed by atoms with E-state index in [-0.39, 0.29) is 11.6 Å². The number of nitrogens with one attached hydrogen (secondary N) is 1. The van der Waals surface area contributed by atoms with E-state index in [9.17, 15) is 8.78 Å². The first-order valence-electron chi connectivity index (χ1n) is 8.45. The van der Waals surface area contributed by atoms with Crippen LogP contribution < -0.4 is 5.32 Å². The van der Waals surface area contributed by atoms with Gasteiger partial charge in [0.15, 0.2) is 0 Å². The van der Waals surface area contributed by atoms with Crippen molar-refractivity contribution in [2.24, 2.45) is 11.8 Å². The van der Waals surface area contributed by atoms with Gasteiger partial charge in [-0.3, -0.25) is 0 Å². The van der Waals surface area contributed by atoms with Crippen LogP contribution in [0.3, 0.4) is 0 Å². The molecule has 0 aromatic heterocycles. The standard InChI is InChI=1S/C18H25F2N/c19-14-10-11-16(20)18(12-14)21-17-9-5-4-8-15(17)13-6-2-1-3-7-13/h10-13,15,17,21H,1-9H2. The SMILES string of the molecule is Fc1ccc(F)c(NC2CCCCC2C2CCCCC2)c1. The molecule has 0 saturated heterocycles. The van der Waals surface area contributed by atoms with Crippen molar-refractivity contribution < 1.29 is 8.78 Å². The summed E-state index contributed by atoms with van der Waals surface area (Å²) in [6, 6.07) is 4.00. The summed E-state index contributed by atoms with van der Waals surface area (Å²) >= 11 is 0. The van der Waals surface area contributed by atoms with Gasteiger partial charge in [0.2, 0.25) is 0 Å². The Morgan fingerprint density at radius 1 is 0.857 bits per heavy atom. The average Bonchev–Trinajstić information content (AvgIpc) is 2.52. The van der Waals surface area contributed by atoms with Crippen molar-refractivity contribution >= 4 is 5.69 Å². The zero-order valence-electron chi connectivity index (χ0n) is 12.6. The number of halogens is 2. The Bertz CT molecular complexity index is 468. The van der Waals surface area contributed by atoms with Crippen molar-refractivity contribution in [1.82, 2.24) is 0 Å². The molecule has 2 saturated carbocycles. The molecule has 0 heterocycles. The van der Waals surface area contributed by atoms with E-state index in [4.69, 9.17) is 0 Å². The Labute approximate surface area is 126 Å². The van der Waals surface area contributed by atoms with Gasteiger partial charge in [0.25, 0.3) is 0 Å². The van der Waals surface area contributed by atoms with Crippen molar-refractivity contribution in [2.45, 2.75) is 63.8 Å². The van der Waals surface area contributed by atoms with Gasteiger partial charge in [0, 0.05) is 6.04 Å². The third-order valence-electron chi connectivity index (χ3n) is 5.34. The number of rotatable bonds is 3. The molecule has 1 aromatic carbocycles. The van der Waals surface area contributed by atoms with Gasteiger partial charge >= 0.3 is 0 Å². The van der Waals surface area contributed by atoms with E-state index in [1.807, 2.05) is 0 Å². The second-order valence-corrected chi connectivity index (χ2v) is 6.72. The van der Waals surface area contributed by atoms with Crippen molar-refractivity contribution in [3.8, 4) is 0 Å². The third kappa shape index (κ3) is 3.56. The summed E-state index contributed by atoms with van der Waals surface area (Å²) in [7, 11) is 0. The lowest BCUT2D eigenvalue weighted by atomic mass is 9.71. The summed E-state index contributed by atoms with van der Waals surface area (Å²) in [6.07, 6.45) is 11.5. The lowest BCUT2D eigenvalue weighted by molar-refractivity contribution is 0.180. The summed E-state index contributed by atoms with van der Waals surface area (Å²) < 4.78 is 27.2. The van der Waals surface area contributed by atoms with Crippen LogP contribution in [0.25, 0.3) is 0 Å². The highest BCUT2D eigenvalue weighted by molar-refractivity contribution is 5.46. The highest BCUT2D eigenvalue weighted by Gasteiger charge is 2.32. The number of benzene rings is 1. The van der Waals surface area contributed by atoms with Gasteiger partial charge in [-0.25, -0.2) is 8.78 Å². The van der Waals surface area contributed by atoms with Gasteiger partial charge in [0.1, 0.15) is 11.6 Å².